The summed E-state index contributed by atoms with van der Waals surface area (Å²) in [5, 5.41) is 0. The third-order valence-corrected chi connectivity index (χ3v) is 2.48. The second-order valence-electron chi connectivity index (χ2n) is 3.51. The second-order valence-corrected chi connectivity index (χ2v) is 4.42. The molecule has 0 radical (unpaired) electrons. The third-order valence-electron chi connectivity index (χ3n) is 1.98. The zero-order chi connectivity index (χ0) is 11.4. The lowest BCUT2D eigenvalue weighted by atomic mass is 10.2. The largest absolute Gasteiger partial charge is 0.494 e. The molecule has 0 aliphatic rings. The number of hydrogen-bond donors (Lipinski definition) is 1. The maximum atomic E-state index is 5.80. The smallest absolute Gasteiger partial charge is 0.144 e. The Balaban J connectivity index is 3.12. The molecule has 3 nitrogen and oxygen atoms in total. The lowest BCUT2D eigenvalue weighted by Crippen LogP contribution is -2.18. The molecule has 0 unspecified atom stereocenters. The number of amidine groups is 1. The maximum absolute atomic E-state index is 5.80. The molecule has 0 fully saturated rings. The van der Waals surface area contributed by atoms with Crippen molar-refractivity contribution in [2.45, 2.75) is 13.8 Å². The SMILES string of the molecule is COc1ccc(Br)cc1N=C(N)C(C)C. The summed E-state index contributed by atoms with van der Waals surface area (Å²) < 4.78 is 6.15. The predicted octanol–water partition coefficient (Wildman–Crippen LogP) is 3.10. The summed E-state index contributed by atoms with van der Waals surface area (Å²) in [5.41, 5.74) is 6.55. The fourth-order valence-electron chi connectivity index (χ4n) is 1.02. The van der Waals surface area contributed by atoms with Crippen molar-refractivity contribution in [1.29, 1.82) is 0 Å². The number of aliphatic imine (C=N–C) groups is 1. The molecule has 0 spiro atoms. The van der Waals surface area contributed by atoms with E-state index in [9.17, 15) is 0 Å². The van der Waals surface area contributed by atoms with Crippen molar-refractivity contribution in [3.8, 4) is 5.75 Å². The van der Waals surface area contributed by atoms with Gasteiger partial charge in [-0.05, 0) is 18.2 Å². The van der Waals surface area contributed by atoms with Crippen LogP contribution in [0.25, 0.3) is 0 Å². The van der Waals surface area contributed by atoms with Gasteiger partial charge in [0.15, 0.2) is 0 Å². The van der Waals surface area contributed by atoms with Gasteiger partial charge in [0, 0.05) is 10.4 Å². The van der Waals surface area contributed by atoms with Gasteiger partial charge in [0.1, 0.15) is 17.3 Å². The van der Waals surface area contributed by atoms with E-state index in [1.807, 2.05) is 32.0 Å². The third kappa shape index (κ3) is 3.23. The molecule has 0 bridgehead atoms. The molecule has 1 aromatic rings. The molecular weight excluding hydrogens is 256 g/mol. The van der Waals surface area contributed by atoms with Crippen LogP contribution in [0.15, 0.2) is 27.7 Å². The van der Waals surface area contributed by atoms with E-state index in [4.69, 9.17) is 10.5 Å². The zero-order valence-electron chi connectivity index (χ0n) is 9.12. The average Bonchev–Trinajstić information content (AvgIpc) is 2.18. The number of hydrogen-bond acceptors (Lipinski definition) is 2. The molecule has 2 N–H and O–H groups in total. The van der Waals surface area contributed by atoms with E-state index in [0.717, 1.165) is 15.9 Å². The van der Waals surface area contributed by atoms with Gasteiger partial charge in [-0.3, -0.25) is 0 Å². The van der Waals surface area contributed by atoms with Gasteiger partial charge in [0.2, 0.25) is 0 Å². The van der Waals surface area contributed by atoms with E-state index in [1.54, 1.807) is 7.11 Å². The lowest BCUT2D eigenvalue weighted by molar-refractivity contribution is 0.416. The summed E-state index contributed by atoms with van der Waals surface area (Å²) in [5.74, 6) is 1.56. The molecule has 0 heterocycles. The quantitative estimate of drug-likeness (QED) is 0.678. The van der Waals surface area contributed by atoms with E-state index in [1.165, 1.54) is 0 Å². The van der Waals surface area contributed by atoms with Gasteiger partial charge in [-0.15, -0.1) is 0 Å². The van der Waals surface area contributed by atoms with Crippen molar-refractivity contribution in [1.82, 2.24) is 0 Å². The van der Waals surface area contributed by atoms with Gasteiger partial charge in [-0.25, -0.2) is 4.99 Å². The minimum absolute atomic E-state index is 0.230. The first-order chi connectivity index (χ1) is 7.04. The molecule has 15 heavy (non-hydrogen) atoms. The van der Waals surface area contributed by atoms with Crippen LogP contribution in [0.5, 0.6) is 5.75 Å². The highest BCUT2D eigenvalue weighted by Crippen LogP contribution is 2.30. The van der Waals surface area contributed by atoms with Crippen molar-refractivity contribution < 1.29 is 4.74 Å². The molecule has 0 atom stereocenters. The van der Waals surface area contributed by atoms with Crippen LogP contribution in [-0.2, 0) is 0 Å². The first kappa shape index (κ1) is 12.0. The van der Waals surface area contributed by atoms with Crippen LogP contribution in [-0.4, -0.2) is 12.9 Å². The fourth-order valence-corrected chi connectivity index (χ4v) is 1.37. The highest BCUT2D eigenvalue weighted by atomic mass is 79.9. The molecule has 0 amide bonds. The van der Waals surface area contributed by atoms with Crippen LogP contribution < -0.4 is 10.5 Å². The Kier molecular flexibility index (Phi) is 4.15. The summed E-state index contributed by atoms with van der Waals surface area (Å²) in [7, 11) is 1.62. The number of rotatable bonds is 3. The van der Waals surface area contributed by atoms with E-state index >= 15 is 0 Å². The molecular formula is C11H15BrN2O. The Morgan fingerprint density at radius 3 is 2.67 bits per heavy atom. The number of benzene rings is 1. The van der Waals surface area contributed by atoms with Crippen molar-refractivity contribution in [3.63, 3.8) is 0 Å². The molecule has 0 aromatic heterocycles. The average molecular weight is 271 g/mol. The van der Waals surface area contributed by atoms with Crippen molar-refractivity contribution >= 4 is 27.5 Å². The highest BCUT2D eigenvalue weighted by Gasteiger charge is 2.05. The van der Waals surface area contributed by atoms with Crippen molar-refractivity contribution in [2.75, 3.05) is 7.11 Å². The van der Waals surface area contributed by atoms with Gasteiger partial charge in [-0.2, -0.15) is 0 Å². The summed E-state index contributed by atoms with van der Waals surface area (Å²) in [4.78, 5) is 4.33. The summed E-state index contributed by atoms with van der Waals surface area (Å²) >= 11 is 3.39. The van der Waals surface area contributed by atoms with Crippen LogP contribution in [0.3, 0.4) is 0 Å². The Hall–Kier alpha value is -1.03. The van der Waals surface area contributed by atoms with E-state index < -0.39 is 0 Å². The van der Waals surface area contributed by atoms with E-state index in [0.29, 0.717) is 5.84 Å². The van der Waals surface area contributed by atoms with Gasteiger partial charge in [-0.1, -0.05) is 29.8 Å². The van der Waals surface area contributed by atoms with Crippen LogP contribution >= 0.6 is 15.9 Å². The van der Waals surface area contributed by atoms with Crippen LogP contribution in [0, 0.1) is 5.92 Å². The van der Waals surface area contributed by atoms with Crippen molar-refractivity contribution in [2.24, 2.45) is 16.6 Å². The van der Waals surface area contributed by atoms with Crippen LogP contribution in [0.1, 0.15) is 13.8 Å². The first-order valence-corrected chi connectivity index (χ1v) is 5.51. The molecule has 0 aliphatic carbocycles. The number of nitrogens with two attached hydrogens (primary N) is 1. The number of methoxy groups -OCH3 is 1. The maximum Gasteiger partial charge on any atom is 0.144 e. The minimum Gasteiger partial charge on any atom is -0.494 e. The standard InChI is InChI=1S/C11H15BrN2O/c1-7(2)11(13)14-9-6-8(12)4-5-10(9)15-3/h4-7H,1-3H3,(H2,13,14). The Labute approximate surface area is 98.5 Å². The minimum atomic E-state index is 0.230. The fraction of sp³-hybridized carbons (Fsp3) is 0.364. The van der Waals surface area contributed by atoms with Gasteiger partial charge in [0.25, 0.3) is 0 Å². The van der Waals surface area contributed by atoms with Gasteiger partial charge >= 0.3 is 0 Å². The zero-order valence-corrected chi connectivity index (χ0v) is 10.7. The Bertz CT molecular complexity index is 375. The van der Waals surface area contributed by atoms with E-state index in [2.05, 4.69) is 20.9 Å². The lowest BCUT2D eigenvalue weighted by Gasteiger charge is -2.07. The molecule has 4 heteroatoms. The molecule has 0 aliphatic heterocycles. The summed E-state index contributed by atoms with van der Waals surface area (Å²) in [6.07, 6.45) is 0. The topological polar surface area (TPSA) is 47.6 Å². The number of nitrogens with zero attached hydrogens (tertiary/aromatic N) is 1. The molecule has 82 valence electrons. The van der Waals surface area contributed by atoms with Crippen LogP contribution in [0.4, 0.5) is 5.69 Å². The predicted molar refractivity (Wildman–Crippen MR) is 66.8 cm³/mol. The van der Waals surface area contributed by atoms with Gasteiger partial charge < -0.3 is 10.5 Å². The number of ether oxygens (including phenoxy) is 1. The normalized spacial score (nSPS) is 11.9. The van der Waals surface area contributed by atoms with Gasteiger partial charge in [0.05, 0.1) is 7.11 Å². The highest BCUT2D eigenvalue weighted by molar-refractivity contribution is 9.10. The van der Waals surface area contributed by atoms with E-state index in [-0.39, 0.29) is 5.92 Å². The monoisotopic (exact) mass is 270 g/mol. The molecule has 0 saturated heterocycles. The molecule has 1 rings (SSSR count). The second kappa shape index (κ2) is 5.16. The first-order valence-electron chi connectivity index (χ1n) is 4.72. The molecule has 0 saturated carbocycles. The Morgan fingerprint density at radius 1 is 1.47 bits per heavy atom. The summed E-state index contributed by atoms with van der Waals surface area (Å²) in [6, 6.07) is 5.65. The summed E-state index contributed by atoms with van der Waals surface area (Å²) in [6.45, 7) is 4.01. The van der Waals surface area contributed by atoms with Crippen LogP contribution in [0.2, 0.25) is 0 Å². The van der Waals surface area contributed by atoms with Crippen molar-refractivity contribution in [3.05, 3.63) is 22.7 Å². The Morgan fingerprint density at radius 2 is 2.13 bits per heavy atom. The molecule has 1 aromatic carbocycles. The number of halogens is 1.